The SMILES string of the molecule is C=CCN1C(=O)CCC(N2C(=O)c3cccc([N+](=O)[O-])c3C2=O)C1=O. The van der Waals surface area contributed by atoms with E-state index in [1.54, 1.807) is 0 Å². The van der Waals surface area contributed by atoms with Gasteiger partial charge in [0.25, 0.3) is 23.4 Å². The second-order valence-electron chi connectivity index (χ2n) is 5.62. The Balaban J connectivity index is 2.01. The van der Waals surface area contributed by atoms with Crippen molar-refractivity contribution in [3.8, 4) is 0 Å². The normalized spacial score (nSPS) is 20.1. The summed E-state index contributed by atoms with van der Waals surface area (Å²) in [5, 5.41) is 11.1. The number of nitro groups is 1. The van der Waals surface area contributed by atoms with Gasteiger partial charge in [0.05, 0.1) is 10.5 Å². The number of amides is 4. The van der Waals surface area contributed by atoms with Crippen LogP contribution in [0.15, 0.2) is 30.9 Å². The first-order valence-corrected chi connectivity index (χ1v) is 7.49. The predicted octanol–water partition coefficient (Wildman–Crippen LogP) is 0.894. The van der Waals surface area contributed by atoms with E-state index < -0.39 is 40.3 Å². The smallest absolute Gasteiger partial charge is 0.277 e. The van der Waals surface area contributed by atoms with Crippen molar-refractivity contribution in [1.29, 1.82) is 0 Å². The van der Waals surface area contributed by atoms with Gasteiger partial charge < -0.3 is 0 Å². The number of carbonyl (C=O) groups excluding carboxylic acids is 4. The molecule has 1 saturated heterocycles. The molecule has 2 aliphatic rings. The third kappa shape index (κ3) is 2.40. The van der Waals surface area contributed by atoms with Crippen molar-refractivity contribution in [3.63, 3.8) is 0 Å². The maximum absolute atomic E-state index is 12.6. The fraction of sp³-hybridized carbons (Fsp3) is 0.250. The first-order valence-electron chi connectivity index (χ1n) is 7.49. The zero-order valence-corrected chi connectivity index (χ0v) is 13.0. The minimum absolute atomic E-state index is 0.00935. The lowest BCUT2D eigenvalue weighted by Gasteiger charge is -2.33. The molecule has 9 heteroatoms. The van der Waals surface area contributed by atoms with Crippen molar-refractivity contribution in [3.05, 3.63) is 52.1 Å². The highest BCUT2D eigenvalue weighted by molar-refractivity contribution is 6.25. The van der Waals surface area contributed by atoms with E-state index in [-0.39, 0.29) is 30.5 Å². The van der Waals surface area contributed by atoms with Gasteiger partial charge in [-0.1, -0.05) is 12.1 Å². The van der Waals surface area contributed by atoms with Gasteiger partial charge in [0.1, 0.15) is 11.6 Å². The molecule has 2 aliphatic heterocycles. The summed E-state index contributed by atoms with van der Waals surface area (Å²) in [6.07, 6.45) is 1.34. The van der Waals surface area contributed by atoms with Crippen LogP contribution in [0.5, 0.6) is 0 Å². The number of likely N-dealkylation sites (tertiary alicyclic amines) is 1. The van der Waals surface area contributed by atoms with Crippen LogP contribution < -0.4 is 0 Å². The number of nitrogens with zero attached hydrogens (tertiary/aromatic N) is 3. The van der Waals surface area contributed by atoms with Gasteiger partial charge >= 0.3 is 0 Å². The number of benzene rings is 1. The van der Waals surface area contributed by atoms with Gasteiger partial charge in [-0.25, -0.2) is 0 Å². The lowest BCUT2D eigenvalue weighted by molar-refractivity contribution is -0.385. The van der Waals surface area contributed by atoms with Crippen LogP contribution in [-0.4, -0.2) is 50.9 Å². The third-order valence-corrected chi connectivity index (χ3v) is 4.23. The van der Waals surface area contributed by atoms with E-state index >= 15 is 0 Å². The first kappa shape index (κ1) is 16.5. The van der Waals surface area contributed by atoms with Crippen LogP contribution in [0.3, 0.4) is 0 Å². The molecule has 1 atom stereocenters. The molecule has 0 N–H and O–H groups in total. The van der Waals surface area contributed by atoms with Gasteiger partial charge in [-0.2, -0.15) is 0 Å². The number of hydrogen-bond donors (Lipinski definition) is 0. The van der Waals surface area contributed by atoms with E-state index in [9.17, 15) is 29.3 Å². The van der Waals surface area contributed by atoms with Gasteiger partial charge in [0.2, 0.25) is 5.91 Å². The van der Waals surface area contributed by atoms with E-state index in [2.05, 4.69) is 6.58 Å². The summed E-state index contributed by atoms with van der Waals surface area (Å²) < 4.78 is 0. The highest BCUT2D eigenvalue weighted by Crippen LogP contribution is 2.34. The predicted molar refractivity (Wildman–Crippen MR) is 83.5 cm³/mol. The molecule has 1 aromatic rings. The fourth-order valence-corrected chi connectivity index (χ4v) is 3.10. The largest absolute Gasteiger partial charge is 0.282 e. The Morgan fingerprint density at radius 3 is 2.60 bits per heavy atom. The van der Waals surface area contributed by atoms with Crippen molar-refractivity contribution in [1.82, 2.24) is 9.80 Å². The van der Waals surface area contributed by atoms with E-state index in [0.717, 1.165) is 15.9 Å². The molecule has 0 bridgehead atoms. The highest BCUT2D eigenvalue weighted by atomic mass is 16.6. The summed E-state index contributed by atoms with van der Waals surface area (Å²) in [6, 6.07) is 2.58. The van der Waals surface area contributed by atoms with Gasteiger partial charge in [-0.3, -0.25) is 39.1 Å². The Hall–Kier alpha value is -3.36. The Morgan fingerprint density at radius 2 is 1.96 bits per heavy atom. The van der Waals surface area contributed by atoms with Crippen LogP contribution in [0.1, 0.15) is 33.6 Å². The average molecular weight is 343 g/mol. The second kappa shape index (κ2) is 5.93. The third-order valence-electron chi connectivity index (χ3n) is 4.23. The molecule has 0 spiro atoms. The maximum Gasteiger partial charge on any atom is 0.282 e. The summed E-state index contributed by atoms with van der Waals surface area (Å²) in [6.45, 7) is 3.44. The molecule has 0 saturated carbocycles. The Bertz CT molecular complexity index is 846. The molecule has 25 heavy (non-hydrogen) atoms. The first-order chi connectivity index (χ1) is 11.9. The molecule has 0 radical (unpaired) electrons. The van der Waals surface area contributed by atoms with Crippen molar-refractivity contribution >= 4 is 29.3 Å². The number of hydrogen-bond acceptors (Lipinski definition) is 6. The van der Waals surface area contributed by atoms with Gasteiger partial charge in [0, 0.05) is 19.0 Å². The zero-order chi connectivity index (χ0) is 18.3. The molecule has 1 unspecified atom stereocenters. The van der Waals surface area contributed by atoms with E-state index in [1.165, 1.54) is 18.2 Å². The quantitative estimate of drug-likeness (QED) is 0.347. The van der Waals surface area contributed by atoms with E-state index in [1.807, 2.05) is 0 Å². The van der Waals surface area contributed by atoms with E-state index in [4.69, 9.17) is 0 Å². The summed E-state index contributed by atoms with van der Waals surface area (Å²) in [5.41, 5.74) is -0.919. The molecule has 128 valence electrons. The van der Waals surface area contributed by atoms with Crippen LogP contribution in [0.2, 0.25) is 0 Å². The fourth-order valence-electron chi connectivity index (χ4n) is 3.10. The van der Waals surface area contributed by atoms with Crippen molar-refractivity contribution in [2.75, 3.05) is 6.54 Å². The second-order valence-corrected chi connectivity index (χ2v) is 5.62. The summed E-state index contributed by atoms with van der Waals surface area (Å²) >= 11 is 0. The van der Waals surface area contributed by atoms with Crippen LogP contribution >= 0.6 is 0 Å². The van der Waals surface area contributed by atoms with Crippen molar-refractivity contribution in [2.45, 2.75) is 18.9 Å². The number of piperidine rings is 1. The molecule has 3 rings (SSSR count). The topological polar surface area (TPSA) is 118 Å². The Kier molecular flexibility index (Phi) is 3.91. The molecule has 2 heterocycles. The van der Waals surface area contributed by atoms with Crippen LogP contribution in [0, 0.1) is 10.1 Å². The van der Waals surface area contributed by atoms with Gasteiger partial charge in [-0.15, -0.1) is 6.58 Å². The zero-order valence-electron chi connectivity index (χ0n) is 13.0. The molecular weight excluding hydrogens is 330 g/mol. The molecule has 0 aromatic heterocycles. The lowest BCUT2D eigenvalue weighted by atomic mass is 10.0. The summed E-state index contributed by atoms with van der Waals surface area (Å²) in [4.78, 5) is 61.7. The highest BCUT2D eigenvalue weighted by Gasteiger charge is 2.49. The monoisotopic (exact) mass is 343 g/mol. The van der Waals surface area contributed by atoms with Gasteiger partial charge in [-0.05, 0) is 12.5 Å². The molecule has 1 aromatic carbocycles. The molecule has 1 fully saturated rings. The minimum atomic E-state index is -1.16. The molecular formula is C16H13N3O6. The number of fused-ring (bicyclic) bond motifs is 1. The summed E-state index contributed by atoms with van der Waals surface area (Å²) in [5.74, 6) is -2.76. The van der Waals surface area contributed by atoms with Crippen molar-refractivity contribution < 1.29 is 24.1 Å². The minimum Gasteiger partial charge on any atom is -0.277 e. The molecule has 0 aliphatic carbocycles. The van der Waals surface area contributed by atoms with E-state index in [0.29, 0.717) is 0 Å². The standard InChI is InChI=1S/C16H13N3O6/c1-2-8-17-12(20)7-6-11(15(17)22)18-14(21)9-4-3-5-10(19(24)25)13(9)16(18)23/h2-5,11H,1,6-8H2. The van der Waals surface area contributed by atoms with Crippen molar-refractivity contribution in [2.24, 2.45) is 0 Å². The lowest BCUT2D eigenvalue weighted by Crippen LogP contribution is -2.56. The average Bonchev–Trinajstić information content (AvgIpc) is 2.83. The number of rotatable bonds is 4. The number of carbonyl (C=O) groups is 4. The number of nitro benzene ring substituents is 1. The van der Waals surface area contributed by atoms with Crippen LogP contribution in [0.4, 0.5) is 5.69 Å². The van der Waals surface area contributed by atoms with Gasteiger partial charge in [0.15, 0.2) is 0 Å². The summed E-state index contributed by atoms with van der Waals surface area (Å²) in [7, 11) is 0. The number of imide groups is 2. The van der Waals surface area contributed by atoms with Crippen LogP contribution in [-0.2, 0) is 9.59 Å². The Morgan fingerprint density at radius 1 is 1.24 bits per heavy atom. The maximum atomic E-state index is 12.6. The van der Waals surface area contributed by atoms with Crippen LogP contribution in [0.25, 0.3) is 0 Å². The Labute approximate surface area is 141 Å². The molecule has 9 nitrogen and oxygen atoms in total. The molecule has 4 amide bonds.